The van der Waals surface area contributed by atoms with E-state index in [1.54, 1.807) is 11.6 Å². The van der Waals surface area contributed by atoms with E-state index in [1.807, 2.05) is 4.90 Å². The number of halogens is 5. The van der Waals surface area contributed by atoms with E-state index >= 15 is 4.39 Å². The fourth-order valence-corrected chi connectivity index (χ4v) is 4.71. The summed E-state index contributed by atoms with van der Waals surface area (Å²) in [5.74, 6) is -3.00. The number of alkyl halides is 4. The number of nitrogens with zero attached hydrogens (tertiary/aromatic N) is 4. The van der Waals surface area contributed by atoms with Gasteiger partial charge in [0.25, 0.3) is 0 Å². The summed E-state index contributed by atoms with van der Waals surface area (Å²) in [6.45, 7) is -1.08. The number of piperazine rings is 1. The number of carbonyl (C=O) groups is 1. The van der Waals surface area contributed by atoms with Crippen LogP contribution in [0.2, 0.25) is 0 Å². The van der Waals surface area contributed by atoms with Crippen LogP contribution < -0.4 is 15.2 Å². The van der Waals surface area contributed by atoms with Gasteiger partial charge in [0.15, 0.2) is 5.13 Å². The number of thiazole rings is 1. The maximum atomic E-state index is 15.2. The second-order valence-electron chi connectivity index (χ2n) is 7.32. The fraction of sp³-hybridized carbons (Fsp3) is 0.350. The molecule has 1 N–H and O–H groups in total. The van der Waals surface area contributed by atoms with Gasteiger partial charge < -0.3 is 19.5 Å². The van der Waals surface area contributed by atoms with Crippen molar-refractivity contribution in [2.45, 2.75) is 12.7 Å². The van der Waals surface area contributed by atoms with Gasteiger partial charge in [-0.1, -0.05) is 0 Å². The number of aromatic carboxylic acids is 1. The van der Waals surface area contributed by atoms with E-state index in [1.165, 1.54) is 16.2 Å². The lowest BCUT2D eigenvalue weighted by molar-refractivity contribution is -0.136. The minimum Gasteiger partial charge on any atom is -0.477 e. The minimum absolute atomic E-state index is 0.0473. The Kier molecular flexibility index (Phi) is 5.99. The van der Waals surface area contributed by atoms with Gasteiger partial charge in [-0.2, -0.15) is 13.2 Å². The van der Waals surface area contributed by atoms with E-state index in [0.717, 1.165) is 4.57 Å². The number of benzene rings is 1. The Morgan fingerprint density at radius 3 is 2.39 bits per heavy atom. The van der Waals surface area contributed by atoms with Gasteiger partial charge in [-0.3, -0.25) is 4.79 Å². The monoisotopic (exact) mass is 488 g/mol. The van der Waals surface area contributed by atoms with Gasteiger partial charge in [-0.15, -0.1) is 11.3 Å². The molecule has 0 saturated carbocycles. The molecule has 2 aromatic heterocycles. The number of carboxylic acids is 1. The van der Waals surface area contributed by atoms with Gasteiger partial charge in [0.2, 0.25) is 5.43 Å². The number of anilines is 2. The number of aryl methyl sites for hydroxylation is 1. The minimum atomic E-state index is -5.10. The molecule has 3 aromatic rings. The third-order valence-corrected chi connectivity index (χ3v) is 6.24. The van der Waals surface area contributed by atoms with Crippen molar-refractivity contribution in [3.05, 3.63) is 51.0 Å². The molecule has 4 rings (SSSR count). The Bertz CT molecular complexity index is 1250. The molecule has 33 heavy (non-hydrogen) atoms. The van der Waals surface area contributed by atoms with Crippen LogP contribution in [0.1, 0.15) is 15.9 Å². The van der Waals surface area contributed by atoms with Crippen LogP contribution in [0.15, 0.2) is 28.6 Å². The van der Waals surface area contributed by atoms with Crippen LogP contribution in [-0.4, -0.2) is 53.5 Å². The Morgan fingerprint density at radius 2 is 1.85 bits per heavy atom. The number of hydrogen-bond acceptors (Lipinski definition) is 6. The van der Waals surface area contributed by atoms with Gasteiger partial charge in [0, 0.05) is 44.0 Å². The summed E-state index contributed by atoms with van der Waals surface area (Å²) in [4.78, 5) is 31.2. The highest BCUT2D eigenvalue weighted by molar-refractivity contribution is 7.13. The second kappa shape index (κ2) is 8.61. The molecule has 7 nitrogen and oxygen atoms in total. The van der Waals surface area contributed by atoms with Crippen LogP contribution in [0, 0.1) is 5.82 Å². The van der Waals surface area contributed by atoms with Crippen LogP contribution in [0.25, 0.3) is 10.9 Å². The average Bonchev–Trinajstić information content (AvgIpc) is 3.29. The number of hydrogen-bond donors (Lipinski definition) is 1. The first-order valence-electron chi connectivity index (χ1n) is 9.79. The van der Waals surface area contributed by atoms with Crippen LogP contribution in [0.3, 0.4) is 0 Å². The Hall–Kier alpha value is -3.22. The largest absolute Gasteiger partial charge is 0.477 e. The van der Waals surface area contributed by atoms with Gasteiger partial charge in [-0.05, 0) is 6.07 Å². The highest BCUT2D eigenvalue weighted by Gasteiger charge is 2.41. The van der Waals surface area contributed by atoms with Crippen molar-refractivity contribution in [1.29, 1.82) is 0 Å². The number of carboxylic acid groups (broad SMARTS) is 1. The summed E-state index contributed by atoms with van der Waals surface area (Å²) in [6, 6.07) is 0.608. The second-order valence-corrected chi connectivity index (χ2v) is 8.20. The van der Waals surface area contributed by atoms with Crippen molar-refractivity contribution in [3.8, 4) is 0 Å². The quantitative estimate of drug-likeness (QED) is 0.553. The molecule has 1 fully saturated rings. The third-order valence-electron chi connectivity index (χ3n) is 5.41. The van der Waals surface area contributed by atoms with Crippen LogP contribution >= 0.6 is 11.3 Å². The first kappa shape index (κ1) is 23.0. The number of fused-ring (bicyclic) bond motifs is 1. The molecule has 0 bridgehead atoms. The maximum absolute atomic E-state index is 15.2. The molecule has 13 heteroatoms. The molecule has 1 aliphatic rings. The lowest BCUT2D eigenvalue weighted by Crippen LogP contribution is -2.47. The van der Waals surface area contributed by atoms with Crippen molar-refractivity contribution in [2.24, 2.45) is 0 Å². The van der Waals surface area contributed by atoms with Crippen molar-refractivity contribution >= 4 is 39.0 Å². The van der Waals surface area contributed by atoms with Crippen molar-refractivity contribution in [2.75, 3.05) is 42.7 Å². The van der Waals surface area contributed by atoms with E-state index in [-0.39, 0.29) is 26.2 Å². The van der Waals surface area contributed by atoms with Crippen molar-refractivity contribution < 1.29 is 31.9 Å². The van der Waals surface area contributed by atoms with Gasteiger partial charge >= 0.3 is 12.1 Å². The van der Waals surface area contributed by atoms with E-state index in [4.69, 9.17) is 0 Å². The van der Waals surface area contributed by atoms with Gasteiger partial charge in [0.1, 0.15) is 23.6 Å². The standard InChI is InChI=1S/C20H17F5N4O3S/c21-1-3-29-10-12(18(31)32)17(30)11-9-13(22)16(14(15(11)29)20(23,24)25)27-4-6-28(7-5-27)19-26-2-8-33-19/h2,8-10H,1,3-7H2,(H,31,32). The SMILES string of the molecule is O=C(O)c1cn(CCF)c2c(C(F)(F)F)c(N3CCN(c4nccs4)CC3)c(F)cc2c1=O. The molecule has 3 heterocycles. The summed E-state index contributed by atoms with van der Waals surface area (Å²) >= 11 is 1.37. The zero-order valence-corrected chi connectivity index (χ0v) is 17.7. The molecule has 1 saturated heterocycles. The van der Waals surface area contributed by atoms with Gasteiger partial charge in [-0.25, -0.2) is 18.6 Å². The Labute approximate surface area is 187 Å². The van der Waals surface area contributed by atoms with E-state index in [2.05, 4.69) is 4.98 Å². The van der Waals surface area contributed by atoms with Crippen molar-refractivity contribution in [1.82, 2.24) is 9.55 Å². The van der Waals surface area contributed by atoms with E-state index in [0.29, 0.717) is 17.4 Å². The molecule has 1 aliphatic heterocycles. The predicted molar refractivity (Wildman–Crippen MR) is 113 cm³/mol. The van der Waals surface area contributed by atoms with Crippen molar-refractivity contribution in [3.63, 3.8) is 0 Å². The Morgan fingerprint density at radius 1 is 1.18 bits per heavy atom. The molecule has 176 valence electrons. The molecule has 0 spiro atoms. The topological polar surface area (TPSA) is 78.7 Å². The molecule has 0 aliphatic carbocycles. The molecular formula is C20H17F5N4O3S. The summed E-state index contributed by atoms with van der Waals surface area (Å²) in [5.41, 5.74) is -5.05. The number of pyridine rings is 1. The zero-order valence-electron chi connectivity index (χ0n) is 16.9. The highest BCUT2D eigenvalue weighted by Crippen LogP contribution is 2.43. The molecule has 1 aromatic carbocycles. The summed E-state index contributed by atoms with van der Waals surface area (Å²) in [6.07, 6.45) is -2.83. The lowest BCUT2D eigenvalue weighted by Gasteiger charge is -2.37. The van der Waals surface area contributed by atoms with Crippen LogP contribution in [-0.2, 0) is 12.7 Å². The smallest absolute Gasteiger partial charge is 0.420 e. The third kappa shape index (κ3) is 4.12. The Balaban J connectivity index is 1.91. The maximum Gasteiger partial charge on any atom is 0.420 e. The van der Waals surface area contributed by atoms with E-state index in [9.17, 15) is 32.3 Å². The molecule has 0 radical (unpaired) electrons. The fourth-order valence-electron chi connectivity index (χ4n) is 4.02. The molecule has 0 amide bonds. The zero-order chi connectivity index (χ0) is 23.9. The first-order chi connectivity index (χ1) is 15.6. The lowest BCUT2D eigenvalue weighted by atomic mass is 10.0. The molecule has 0 atom stereocenters. The first-order valence-corrected chi connectivity index (χ1v) is 10.7. The predicted octanol–water partition coefficient (Wildman–Crippen LogP) is 3.61. The molecule has 0 unspecified atom stereocenters. The number of aromatic nitrogens is 2. The summed E-state index contributed by atoms with van der Waals surface area (Å²) in [7, 11) is 0. The molecular weight excluding hydrogens is 471 g/mol. The van der Waals surface area contributed by atoms with Gasteiger partial charge in [0.05, 0.1) is 23.1 Å². The highest BCUT2D eigenvalue weighted by atomic mass is 32.1. The van der Waals surface area contributed by atoms with Crippen LogP contribution in [0.4, 0.5) is 32.8 Å². The summed E-state index contributed by atoms with van der Waals surface area (Å²) in [5, 5.41) is 10.9. The number of rotatable bonds is 5. The average molecular weight is 488 g/mol. The van der Waals surface area contributed by atoms with E-state index < -0.39 is 64.3 Å². The normalized spacial score (nSPS) is 14.8. The van der Waals surface area contributed by atoms with Crippen LogP contribution in [0.5, 0.6) is 0 Å². The summed E-state index contributed by atoms with van der Waals surface area (Å²) < 4.78 is 71.9.